The monoisotopic (exact) mass is 464 g/mol. The Morgan fingerprint density at radius 1 is 1.15 bits per heavy atom. The summed E-state index contributed by atoms with van der Waals surface area (Å²) >= 11 is 0. The fourth-order valence-electron chi connectivity index (χ4n) is 6.79. The van der Waals surface area contributed by atoms with Crippen molar-refractivity contribution in [1.82, 2.24) is 15.2 Å². The molecule has 0 spiro atoms. The standard InChI is InChI=1S/C27H33FN4O2/c28-11-12-32-16-21-14-27(21,17-32)20-3-1-18(2-4-20)19-13-22(23(29)30-15-19)24(33)31-25-5-8-26(34,9-6-25)10-7-25/h1-4,13,15,21,34H,5-12,14,16-17H2,(H2,29,30)(H,31,33). The van der Waals surface area contributed by atoms with Crippen LogP contribution in [0.3, 0.4) is 0 Å². The highest BCUT2D eigenvalue weighted by Crippen LogP contribution is 2.59. The summed E-state index contributed by atoms with van der Waals surface area (Å²) in [7, 11) is 0. The Kier molecular flexibility index (Phi) is 5.01. The van der Waals surface area contributed by atoms with Gasteiger partial charge in [-0.15, -0.1) is 0 Å². The van der Waals surface area contributed by atoms with Gasteiger partial charge in [0.1, 0.15) is 12.5 Å². The molecule has 34 heavy (non-hydrogen) atoms. The van der Waals surface area contributed by atoms with Crippen LogP contribution in [0.15, 0.2) is 36.5 Å². The van der Waals surface area contributed by atoms with Gasteiger partial charge in [0.05, 0.1) is 11.2 Å². The Bertz CT molecular complexity index is 1100. The van der Waals surface area contributed by atoms with Crippen LogP contribution in [0, 0.1) is 5.92 Å². The number of pyridine rings is 1. The number of anilines is 1. The van der Waals surface area contributed by atoms with Crippen molar-refractivity contribution in [3.05, 3.63) is 47.7 Å². The maximum absolute atomic E-state index is 13.2. The van der Waals surface area contributed by atoms with Gasteiger partial charge in [0.2, 0.25) is 0 Å². The van der Waals surface area contributed by atoms with Crippen LogP contribution < -0.4 is 11.1 Å². The highest BCUT2D eigenvalue weighted by Gasteiger charge is 2.60. The number of rotatable bonds is 6. The minimum Gasteiger partial charge on any atom is -0.390 e. The predicted molar refractivity (Wildman–Crippen MR) is 129 cm³/mol. The van der Waals surface area contributed by atoms with Gasteiger partial charge in [0.15, 0.2) is 0 Å². The van der Waals surface area contributed by atoms with E-state index < -0.39 is 5.60 Å². The molecule has 5 aliphatic rings. The first kappa shape index (κ1) is 22.0. The van der Waals surface area contributed by atoms with E-state index in [0.29, 0.717) is 18.0 Å². The van der Waals surface area contributed by atoms with Crippen molar-refractivity contribution >= 4 is 11.7 Å². The lowest BCUT2D eigenvalue weighted by Crippen LogP contribution is -2.58. The van der Waals surface area contributed by atoms with Crippen molar-refractivity contribution in [3.8, 4) is 11.1 Å². The highest BCUT2D eigenvalue weighted by molar-refractivity contribution is 5.99. The molecule has 180 valence electrons. The van der Waals surface area contributed by atoms with Gasteiger partial charge in [-0.2, -0.15) is 0 Å². The van der Waals surface area contributed by atoms with E-state index in [4.69, 9.17) is 5.73 Å². The van der Waals surface area contributed by atoms with Crippen LogP contribution in [0.5, 0.6) is 0 Å². The summed E-state index contributed by atoms with van der Waals surface area (Å²) in [5.41, 5.74) is 9.09. The molecule has 1 saturated heterocycles. The smallest absolute Gasteiger partial charge is 0.255 e. The van der Waals surface area contributed by atoms with Crippen molar-refractivity contribution < 1.29 is 14.3 Å². The third-order valence-electron chi connectivity index (χ3n) is 9.16. The van der Waals surface area contributed by atoms with Crippen molar-refractivity contribution in [2.75, 3.05) is 32.0 Å². The molecule has 1 aromatic heterocycles. The van der Waals surface area contributed by atoms with Crippen molar-refractivity contribution in [3.63, 3.8) is 0 Å². The number of aliphatic hydroxyl groups is 1. The van der Waals surface area contributed by atoms with E-state index in [1.54, 1.807) is 6.20 Å². The molecule has 2 bridgehead atoms. The van der Waals surface area contributed by atoms with Gasteiger partial charge in [0, 0.05) is 42.3 Å². The number of nitrogens with one attached hydrogen (secondary N) is 1. The lowest BCUT2D eigenvalue weighted by molar-refractivity contribution is -0.0702. The summed E-state index contributed by atoms with van der Waals surface area (Å²) in [5.74, 6) is 0.679. The number of nitrogens with two attached hydrogens (primary N) is 1. The number of aromatic nitrogens is 1. The van der Waals surface area contributed by atoms with Crippen molar-refractivity contribution in [2.45, 2.75) is 61.5 Å². The van der Waals surface area contributed by atoms with Gasteiger partial charge in [-0.05, 0) is 68.1 Å². The lowest BCUT2D eigenvalue weighted by Gasteiger charge is -2.51. The van der Waals surface area contributed by atoms with E-state index in [2.05, 4.69) is 39.5 Å². The lowest BCUT2D eigenvalue weighted by atomic mass is 9.63. The topological polar surface area (TPSA) is 91.5 Å². The Labute approximate surface area is 199 Å². The average molecular weight is 465 g/mol. The minimum atomic E-state index is -0.538. The second-order valence-corrected chi connectivity index (χ2v) is 11.2. The fourth-order valence-corrected chi connectivity index (χ4v) is 6.79. The fraction of sp³-hybridized carbons (Fsp3) is 0.556. The van der Waals surface area contributed by atoms with Crippen LogP contribution in [0.2, 0.25) is 0 Å². The van der Waals surface area contributed by atoms with Crippen LogP contribution in [-0.2, 0) is 5.41 Å². The summed E-state index contributed by atoms with van der Waals surface area (Å²) < 4.78 is 12.8. The van der Waals surface area contributed by atoms with Gasteiger partial charge in [-0.25, -0.2) is 9.37 Å². The van der Waals surface area contributed by atoms with Gasteiger partial charge in [-0.1, -0.05) is 24.3 Å². The number of halogens is 1. The third-order valence-corrected chi connectivity index (χ3v) is 9.16. The summed E-state index contributed by atoms with van der Waals surface area (Å²) in [6.45, 7) is 2.17. The molecule has 1 amide bonds. The Morgan fingerprint density at radius 3 is 2.53 bits per heavy atom. The summed E-state index contributed by atoms with van der Waals surface area (Å²) in [6, 6.07) is 10.4. The zero-order chi connectivity index (χ0) is 23.6. The number of carbonyl (C=O) groups excluding carboxylic acids is 1. The molecule has 2 heterocycles. The number of likely N-dealkylation sites (tertiary alicyclic amines) is 1. The Hall–Kier alpha value is -2.51. The van der Waals surface area contributed by atoms with E-state index in [9.17, 15) is 14.3 Å². The first-order valence-electron chi connectivity index (χ1n) is 12.5. The predicted octanol–water partition coefficient (Wildman–Crippen LogP) is 3.44. The molecule has 4 N–H and O–H groups in total. The molecule has 4 aliphatic carbocycles. The average Bonchev–Trinajstić information content (AvgIpc) is 3.42. The second kappa shape index (κ2) is 7.75. The number of fused-ring (bicyclic) bond motifs is 4. The highest BCUT2D eigenvalue weighted by atomic mass is 19.1. The van der Waals surface area contributed by atoms with Crippen LogP contribution >= 0.6 is 0 Å². The van der Waals surface area contributed by atoms with E-state index in [1.165, 1.54) is 12.0 Å². The first-order chi connectivity index (χ1) is 16.3. The molecule has 2 atom stereocenters. The summed E-state index contributed by atoms with van der Waals surface area (Å²) in [5, 5.41) is 13.7. The number of benzene rings is 1. The van der Waals surface area contributed by atoms with E-state index >= 15 is 0 Å². The molecule has 7 rings (SSSR count). The molecule has 0 radical (unpaired) electrons. The molecule has 7 heteroatoms. The number of carbonyl (C=O) groups is 1. The molecular formula is C27H33FN4O2. The number of amides is 1. The van der Waals surface area contributed by atoms with Crippen molar-refractivity contribution in [1.29, 1.82) is 0 Å². The molecule has 1 aliphatic heterocycles. The summed E-state index contributed by atoms with van der Waals surface area (Å²) in [6.07, 6.45) is 7.52. The van der Waals surface area contributed by atoms with Crippen LogP contribution in [-0.4, -0.2) is 58.3 Å². The number of hydrogen-bond acceptors (Lipinski definition) is 5. The molecule has 4 saturated carbocycles. The quantitative estimate of drug-likeness (QED) is 0.609. The number of hydrogen-bond donors (Lipinski definition) is 3. The zero-order valence-corrected chi connectivity index (χ0v) is 19.5. The van der Waals surface area contributed by atoms with Crippen LogP contribution in [0.4, 0.5) is 10.2 Å². The maximum Gasteiger partial charge on any atom is 0.255 e. The first-order valence-corrected chi connectivity index (χ1v) is 12.5. The number of alkyl halides is 1. The van der Waals surface area contributed by atoms with E-state index in [-0.39, 0.29) is 29.4 Å². The molecular weight excluding hydrogens is 431 g/mol. The molecule has 1 aromatic carbocycles. The van der Waals surface area contributed by atoms with Crippen LogP contribution in [0.25, 0.3) is 11.1 Å². The van der Waals surface area contributed by atoms with Gasteiger partial charge < -0.3 is 16.2 Å². The molecule has 2 aromatic rings. The second-order valence-electron chi connectivity index (χ2n) is 11.2. The molecule has 6 nitrogen and oxygen atoms in total. The van der Waals surface area contributed by atoms with E-state index in [1.807, 2.05) is 6.07 Å². The number of nitrogens with zero attached hydrogens (tertiary/aromatic N) is 2. The third kappa shape index (κ3) is 3.60. The molecule has 2 unspecified atom stereocenters. The Balaban J connectivity index is 1.19. The molecule has 5 fully saturated rings. The van der Waals surface area contributed by atoms with Crippen LogP contribution in [0.1, 0.15) is 60.9 Å². The normalized spacial score (nSPS) is 34.1. The van der Waals surface area contributed by atoms with E-state index in [0.717, 1.165) is 62.7 Å². The zero-order valence-electron chi connectivity index (χ0n) is 19.5. The Morgan fingerprint density at radius 2 is 1.85 bits per heavy atom. The van der Waals surface area contributed by atoms with Gasteiger partial charge in [-0.3, -0.25) is 9.69 Å². The largest absolute Gasteiger partial charge is 0.390 e. The van der Waals surface area contributed by atoms with Gasteiger partial charge >= 0.3 is 0 Å². The number of piperidine rings is 1. The van der Waals surface area contributed by atoms with Gasteiger partial charge in [0.25, 0.3) is 5.91 Å². The summed E-state index contributed by atoms with van der Waals surface area (Å²) in [4.78, 5) is 19.8. The number of nitrogen functional groups attached to an aromatic ring is 1. The maximum atomic E-state index is 13.2. The minimum absolute atomic E-state index is 0.184. The SMILES string of the molecule is Nc1ncc(-c2ccc(C34CC3CN(CCF)C4)cc2)cc1C(=O)NC12CCC(O)(CC1)CC2. The van der Waals surface area contributed by atoms with Crippen molar-refractivity contribution in [2.24, 2.45) is 5.92 Å².